The molecule has 0 bridgehead atoms. The van der Waals surface area contributed by atoms with Crippen LogP contribution in [0.5, 0.6) is 5.75 Å². The number of allylic oxidation sites excluding steroid dienone is 2. The number of carbonyl (C=O) groups is 2. The number of carboxylic acid groups (broad SMARTS) is 1. The number of aromatic hydroxyl groups is 1. The van der Waals surface area contributed by atoms with Crippen molar-refractivity contribution < 1.29 is 34.8 Å². The third-order valence-electron chi connectivity index (χ3n) is 14.6. The molecule has 4 fully saturated rings. The number of fused-ring (bicyclic) bond motifs is 7. The number of aliphatic hydroxyl groups excluding tert-OH is 2. The molecule has 46 heavy (non-hydrogen) atoms. The lowest BCUT2D eigenvalue weighted by Crippen LogP contribution is -2.68. The van der Waals surface area contributed by atoms with E-state index in [1.54, 1.807) is 30.3 Å². The molecule has 6 rings (SSSR count). The van der Waals surface area contributed by atoms with E-state index in [0.717, 1.165) is 50.5 Å². The molecule has 0 amide bonds. The molecule has 4 N–H and O–H groups in total. The van der Waals surface area contributed by atoms with Crippen LogP contribution >= 0.6 is 0 Å². The lowest BCUT2D eigenvalue weighted by molar-refractivity contribution is -0.245. The highest BCUT2D eigenvalue weighted by Crippen LogP contribution is 2.75. The Hall–Kier alpha value is -2.64. The van der Waals surface area contributed by atoms with Crippen molar-refractivity contribution in [2.75, 3.05) is 6.61 Å². The number of phenolic OH excluding ortho intramolecular Hbond substituents is 1. The van der Waals surface area contributed by atoms with Crippen LogP contribution in [0.25, 0.3) is 6.08 Å². The fourth-order valence-electron chi connectivity index (χ4n) is 11.8. The number of benzene rings is 1. The first-order valence-electron chi connectivity index (χ1n) is 17.4. The molecule has 10 atom stereocenters. The number of carboxylic acids is 1. The minimum Gasteiger partial charge on any atom is -0.508 e. The molecule has 1 aromatic carbocycles. The van der Waals surface area contributed by atoms with Crippen molar-refractivity contribution in [2.45, 2.75) is 112 Å². The van der Waals surface area contributed by atoms with Gasteiger partial charge >= 0.3 is 11.9 Å². The molecule has 0 heterocycles. The van der Waals surface area contributed by atoms with E-state index in [0.29, 0.717) is 12.8 Å². The van der Waals surface area contributed by atoms with Crippen molar-refractivity contribution >= 4 is 18.0 Å². The predicted molar refractivity (Wildman–Crippen MR) is 176 cm³/mol. The number of aliphatic carboxylic acids is 1. The standard InChI is InChI=1S/C39H54O7/c1-34(2)17-19-39(33(44)45)20-18-37(5)26(27(39)21-34)12-13-30-35(3)22-28(41)32(43)36(4,29(35)15-16-38(30,37)6)23-46-31(42)14-9-24-7-10-25(40)11-8-24/h7-12,14,27-30,32,40-41,43H,13,15-23H2,1-6H3,(H,44,45)/b14-9+/t27-,28-,29-,30-,32-,35+,36+,37-,38-,39+/m1/s1. The average Bonchev–Trinajstić information content (AvgIpc) is 2.98. The van der Waals surface area contributed by atoms with Gasteiger partial charge in [0.25, 0.3) is 0 Å². The number of aliphatic hydroxyl groups is 2. The maximum absolute atomic E-state index is 12.9. The van der Waals surface area contributed by atoms with Crippen LogP contribution in [0, 0.1) is 50.2 Å². The summed E-state index contributed by atoms with van der Waals surface area (Å²) < 4.78 is 5.81. The summed E-state index contributed by atoms with van der Waals surface area (Å²) in [5.41, 5.74) is 0.147. The van der Waals surface area contributed by atoms with Crippen LogP contribution in [-0.4, -0.2) is 51.2 Å². The van der Waals surface area contributed by atoms with E-state index in [9.17, 15) is 30.0 Å². The topological polar surface area (TPSA) is 124 Å². The highest BCUT2D eigenvalue weighted by Gasteiger charge is 2.70. The summed E-state index contributed by atoms with van der Waals surface area (Å²) in [5, 5.41) is 43.1. The molecule has 0 saturated heterocycles. The summed E-state index contributed by atoms with van der Waals surface area (Å²) in [6.45, 7) is 13.7. The first kappa shape index (κ1) is 33.3. The van der Waals surface area contributed by atoms with Crippen LogP contribution in [0.1, 0.15) is 105 Å². The van der Waals surface area contributed by atoms with Gasteiger partial charge in [0.2, 0.25) is 0 Å². The molecule has 0 aliphatic heterocycles. The predicted octanol–water partition coefficient (Wildman–Crippen LogP) is 7.15. The van der Waals surface area contributed by atoms with Crippen molar-refractivity contribution in [3.05, 3.63) is 47.6 Å². The van der Waals surface area contributed by atoms with Crippen molar-refractivity contribution in [1.29, 1.82) is 0 Å². The van der Waals surface area contributed by atoms with Gasteiger partial charge in [0.15, 0.2) is 0 Å². The second kappa shape index (κ2) is 10.9. The quantitative estimate of drug-likeness (QED) is 0.154. The van der Waals surface area contributed by atoms with E-state index >= 15 is 0 Å². The van der Waals surface area contributed by atoms with Gasteiger partial charge in [-0.1, -0.05) is 65.3 Å². The maximum atomic E-state index is 12.9. The number of hydrogen-bond acceptors (Lipinski definition) is 6. The Morgan fingerprint density at radius 2 is 1.59 bits per heavy atom. The lowest BCUT2D eigenvalue weighted by atomic mass is 9.33. The Morgan fingerprint density at radius 3 is 2.26 bits per heavy atom. The monoisotopic (exact) mass is 634 g/mol. The molecule has 0 unspecified atom stereocenters. The minimum absolute atomic E-state index is 0.00428. The van der Waals surface area contributed by atoms with Crippen molar-refractivity contribution in [1.82, 2.24) is 0 Å². The smallest absolute Gasteiger partial charge is 0.330 e. The Morgan fingerprint density at radius 1 is 0.913 bits per heavy atom. The van der Waals surface area contributed by atoms with Crippen LogP contribution in [0.2, 0.25) is 0 Å². The van der Waals surface area contributed by atoms with E-state index in [1.807, 2.05) is 6.92 Å². The molecule has 0 spiro atoms. The van der Waals surface area contributed by atoms with Gasteiger partial charge in [0, 0.05) is 11.5 Å². The van der Waals surface area contributed by atoms with Gasteiger partial charge < -0.3 is 25.2 Å². The summed E-state index contributed by atoms with van der Waals surface area (Å²) in [5.74, 6) is -0.702. The fraction of sp³-hybridized carbons (Fsp3) is 0.692. The molecule has 5 aliphatic carbocycles. The second-order valence-electron chi connectivity index (χ2n) is 17.4. The number of ether oxygens (including phenoxy) is 1. The van der Waals surface area contributed by atoms with Gasteiger partial charge in [0.1, 0.15) is 5.75 Å². The number of carbonyl (C=O) groups excluding carboxylic acids is 1. The largest absolute Gasteiger partial charge is 0.508 e. The Kier molecular flexibility index (Phi) is 7.92. The van der Waals surface area contributed by atoms with Crippen LogP contribution in [0.4, 0.5) is 0 Å². The Bertz CT molecular complexity index is 1440. The van der Waals surface area contributed by atoms with Crippen molar-refractivity contribution in [3.63, 3.8) is 0 Å². The molecule has 7 nitrogen and oxygen atoms in total. The molecule has 1 aromatic rings. The summed E-state index contributed by atoms with van der Waals surface area (Å²) >= 11 is 0. The molecule has 0 radical (unpaired) electrons. The third-order valence-corrected chi connectivity index (χ3v) is 14.6. The summed E-state index contributed by atoms with van der Waals surface area (Å²) in [7, 11) is 0. The zero-order valence-corrected chi connectivity index (χ0v) is 28.5. The fourth-order valence-corrected chi connectivity index (χ4v) is 11.8. The van der Waals surface area contributed by atoms with Gasteiger partial charge in [-0.3, -0.25) is 4.79 Å². The first-order valence-corrected chi connectivity index (χ1v) is 17.4. The van der Waals surface area contributed by atoms with Gasteiger partial charge in [-0.25, -0.2) is 4.79 Å². The lowest BCUT2D eigenvalue weighted by Gasteiger charge is -2.71. The van der Waals surface area contributed by atoms with Gasteiger partial charge in [-0.05, 0) is 121 Å². The van der Waals surface area contributed by atoms with E-state index in [4.69, 9.17) is 4.74 Å². The Labute approximate surface area is 274 Å². The number of rotatable bonds is 5. The van der Waals surface area contributed by atoms with Gasteiger partial charge in [-0.2, -0.15) is 0 Å². The highest BCUT2D eigenvalue weighted by molar-refractivity contribution is 5.87. The normalized spacial score (nSPS) is 44.6. The molecule has 5 aliphatic rings. The van der Waals surface area contributed by atoms with E-state index in [2.05, 4.69) is 40.7 Å². The van der Waals surface area contributed by atoms with Gasteiger partial charge in [-0.15, -0.1) is 0 Å². The van der Waals surface area contributed by atoms with E-state index < -0.39 is 35.0 Å². The summed E-state index contributed by atoms with van der Waals surface area (Å²) in [6, 6.07) is 6.53. The molecule has 0 aromatic heterocycles. The second-order valence-corrected chi connectivity index (χ2v) is 17.4. The number of esters is 1. The number of hydrogen-bond donors (Lipinski definition) is 4. The third kappa shape index (κ3) is 4.81. The minimum atomic E-state index is -1.02. The Balaban J connectivity index is 1.30. The number of phenols is 1. The molecular formula is C39H54O7. The van der Waals surface area contributed by atoms with Crippen LogP contribution in [0.15, 0.2) is 42.0 Å². The van der Waals surface area contributed by atoms with Crippen LogP contribution in [-0.2, 0) is 14.3 Å². The van der Waals surface area contributed by atoms with Crippen LogP contribution < -0.4 is 0 Å². The first-order chi connectivity index (χ1) is 21.4. The van der Waals surface area contributed by atoms with Crippen molar-refractivity contribution in [3.8, 4) is 5.75 Å². The summed E-state index contributed by atoms with van der Waals surface area (Å²) in [6.07, 6.45) is 10.7. The van der Waals surface area contributed by atoms with E-state index in [1.165, 1.54) is 11.6 Å². The molecule has 252 valence electrons. The van der Waals surface area contributed by atoms with Crippen molar-refractivity contribution in [2.24, 2.45) is 50.2 Å². The average molecular weight is 635 g/mol. The highest BCUT2D eigenvalue weighted by atomic mass is 16.5. The SMILES string of the molecule is CC1(C)CC[C@]2(C(=O)O)CC[C@]3(C)C(=CC[C@@H]4[C@@]5(C)C[C@@H](O)[C@@H](O)[C@@](C)(COC(=O)/C=C/c6ccc(O)cc6)[C@@H]5CC[C@]43C)[C@H]2C1. The molecule has 4 saturated carbocycles. The zero-order valence-electron chi connectivity index (χ0n) is 28.5. The van der Waals surface area contributed by atoms with Gasteiger partial charge in [0.05, 0.1) is 24.2 Å². The van der Waals surface area contributed by atoms with Crippen LogP contribution in [0.3, 0.4) is 0 Å². The maximum Gasteiger partial charge on any atom is 0.330 e. The summed E-state index contributed by atoms with van der Waals surface area (Å²) in [4.78, 5) is 25.8. The van der Waals surface area contributed by atoms with E-state index in [-0.39, 0.29) is 51.8 Å². The molecule has 7 heteroatoms. The molecular weight excluding hydrogens is 580 g/mol. The zero-order chi connectivity index (χ0) is 33.5.